The van der Waals surface area contributed by atoms with Crippen LogP contribution in [0.1, 0.15) is 70.9 Å². The lowest BCUT2D eigenvalue weighted by molar-refractivity contribution is -0.143. The zero-order valence-corrected chi connectivity index (χ0v) is 15.9. The van der Waals surface area contributed by atoms with Gasteiger partial charge in [0.2, 0.25) is 5.88 Å². The zero-order valence-electron chi connectivity index (χ0n) is 15.9. The monoisotopic (exact) mass is 348 g/mol. The molecule has 0 atom stereocenters. The van der Waals surface area contributed by atoms with Crippen LogP contribution in [0.25, 0.3) is 0 Å². The van der Waals surface area contributed by atoms with Crippen LogP contribution in [0.15, 0.2) is 12.1 Å². The summed E-state index contributed by atoms with van der Waals surface area (Å²) in [5, 5.41) is 3.06. The summed E-state index contributed by atoms with van der Waals surface area (Å²) in [5.74, 6) is 0.568. The van der Waals surface area contributed by atoms with E-state index in [1.54, 1.807) is 0 Å². The van der Waals surface area contributed by atoms with Crippen molar-refractivity contribution in [3.63, 3.8) is 0 Å². The van der Waals surface area contributed by atoms with Crippen molar-refractivity contribution in [1.29, 1.82) is 0 Å². The number of nitrogens with zero attached hydrogens (tertiary/aromatic N) is 1. The van der Waals surface area contributed by atoms with Crippen molar-refractivity contribution < 1.29 is 14.3 Å². The molecule has 0 bridgehead atoms. The molecule has 1 aliphatic carbocycles. The van der Waals surface area contributed by atoms with Crippen LogP contribution in [0.4, 0.5) is 5.69 Å². The first-order valence-electron chi connectivity index (χ1n) is 9.67. The van der Waals surface area contributed by atoms with Crippen LogP contribution in [-0.4, -0.2) is 29.7 Å². The fourth-order valence-electron chi connectivity index (χ4n) is 3.23. The summed E-state index contributed by atoms with van der Waals surface area (Å²) in [7, 11) is 0. The fourth-order valence-corrected chi connectivity index (χ4v) is 3.23. The zero-order chi connectivity index (χ0) is 18.1. The van der Waals surface area contributed by atoms with Crippen molar-refractivity contribution in [3.8, 4) is 5.88 Å². The van der Waals surface area contributed by atoms with Gasteiger partial charge in [-0.2, -0.15) is 0 Å². The van der Waals surface area contributed by atoms with E-state index in [1.165, 1.54) is 12.8 Å². The van der Waals surface area contributed by atoms with Gasteiger partial charge in [0.25, 0.3) is 5.91 Å². The Balaban J connectivity index is 2.11. The molecule has 1 aromatic rings. The molecule has 5 nitrogen and oxygen atoms in total. The first-order chi connectivity index (χ1) is 12.1. The predicted octanol–water partition coefficient (Wildman–Crippen LogP) is 4.64. The number of amides is 1. The molecule has 0 unspecified atom stereocenters. The predicted molar refractivity (Wildman–Crippen MR) is 100 cm³/mol. The smallest absolute Gasteiger partial charge is 0.256 e. The summed E-state index contributed by atoms with van der Waals surface area (Å²) in [6, 6.07) is 3.68. The van der Waals surface area contributed by atoms with Gasteiger partial charge in [-0.15, -0.1) is 0 Å². The van der Waals surface area contributed by atoms with Gasteiger partial charge in [0.15, 0.2) is 0 Å². The number of hydrogen-bond acceptors (Lipinski definition) is 4. The second-order valence-corrected chi connectivity index (χ2v) is 6.84. The van der Waals surface area contributed by atoms with E-state index in [0.29, 0.717) is 19.1 Å². The minimum Gasteiger partial charge on any atom is -0.478 e. The highest BCUT2D eigenvalue weighted by Gasteiger charge is 2.39. The molecule has 1 heterocycles. The Labute approximate surface area is 151 Å². The van der Waals surface area contributed by atoms with Crippen LogP contribution in [0, 0.1) is 6.92 Å². The van der Waals surface area contributed by atoms with E-state index in [2.05, 4.69) is 24.1 Å². The van der Waals surface area contributed by atoms with Gasteiger partial charge in [0.05, 0.1) is 18.0 Å². The molecule has 1 saturated carbocycles. The molecule has 0 radical (unpaired) electrons. The molecule has 1 fully saturated rings. The number of nitrogens with one attached hydrogen (secondary N) is 1. The average Bonchev–Trinajstić information content (AvgIpc) is 2.87. The number of ether oxygens (including phenoxy) is 2. The second kappa shape index (κ2) is 9.76. The maximum absolute atomic E-state index is 13.1. The minimum atomic E-state index is -0.698. The van der Waals surface area contributed by atoms with Crippen molar-refractivity contribution in [3.05, 3.63) is 17.8 Å². The van der Waals surface area contributed by atoms with E-state index in [0.717, 1.165) is 49.9 Å². The number of carbonyl (C=O) groups excluding carboxylic acids is 1. The van der Waals surface area contributed by atoms with Gasteiger partial charge in [0, 0.05) is 12.7 Å². The Kier molecular flexibility index (Phi) is 7.69. The van der Waals surface area contributed by atoms with Gasteiger partial charge in [-0.1, -0.05) is 39.5 Å². The molecule has 1 aliphatic rings. The topological polar surface area (TPSA) is 60.5 Å². The lowest BCUT2D eigenvalue weighted by atomic mass is 9.92. The number of pyridine rings is 1. The standard InChI is InChI=1S/C20H32N2O3/c1-4-14-24-18-11-10-17(16(3)21-18)22-19(23)20(25-15-5-2)12-8-6-7-9-13-20/h10-11H,4-9,12-15H2,1-3H3,(H,22,23). The van der Waals surface area contributed by atoms with Gasteiger partial charge in [0.1, 0.15) is 5.60 Å². The van der Waals surface area contributed by atoms with Crippen LogP contribution in [-0.2, 0) is 9.53 Å². The maximum atomic E-state index is 13.1. The van der Waals surface area contributed by atoms with Crippen molar-refractivity contribution >= 4 is 11.6 Å². The molecule has 1 N–H and O–H groups in total. The number of aryl methyl sites for hydroxylation is 1. The van der Waals surface area contributed by atoms with Gasteiger partial charge < -0.3 is 14.8 Å². The Morgan fingerprint density at radius 1 is 1.12 bits per heavy atom. The summed E-state index contributed by atoms with van der Waals surface area (Å²) < 4.78 is 11.6. The molecular weight excluding hydrogens is 316 g/mol. The van der Waals surface area contributed by atoms with E-state index < -0.39 is 5.60 Å². The lowest BCUT2D eigenvalue weighted by Gasteiger charge is -2.31. The second-order valence-electron chi connectivity index (χ2n) is 6.84. The van der Waals surface area contributed by atoms with Crippen LogP contribution >= 0.6 is 0 Å². The molecule has 0 spiro atoms. The average molecular weight is 348 g/mol. The van der Waals surface area contributed by atoms with Gasteiger partial charge in [-0.3, -0.25) is 4.79 Å². The van der Waals surface area contributed by atoms with Crippen LogP contribution in [0.5, 0.6) is 5.88 Å². The van der Waals surface area contributed by atoms with Crippen molar-refractivity contribution in [1.82, 2.24) is 4.98 Å². The minimum absolute atomic E-state index is 0.0324. The summed E-state index contributed by atoms with van der Waals surface area (Å²) in [5.41, 5.74) is 0.801. The highest BCUT2D eigenvalue weighted by Crippen LogP contribution is 2.32. The van der Waals surface area contributed by atoms with E-state index in [1.807, 2.05) is 19.1 Å². The van der Waals surface area contributed by atoms with E-state index >= 15 is 0 Å². The molecular formula is C20H32N2O3. The highest BCUT2D eigenvalue weighted by molar-refractivity contribution is 5.97. The number of rotatable bonds is 8. The quantitative estimate of drug-likeness (QED) is 0.695. The van der Waals surface area contributed by atoms with Crippen LogP contribution in [0.2, 0.25) is 0 Å². The molecule has 1 aromatic heterocycles. The molecule has 140 valence electrons. The molecule has 0 saturated heterocycles. The Morgan fingerprint density at radius 2 is 1.80 bits per heavy atom. The van der Waals surface area contributed by atoms with Crippen LogP contribution in [0.3, 0.4) is 0 Å². The number of aromatic nitrogens is 1. The Bertz CT molecular complexity index is 552. The molecule has 25 heavy (non-hydrogen) atoms. The molecule has 2 rings (SSSR count). The SMILES string of the molecule is CCCOc1ccc(NC(=O)C2(OCCC)CCCCCC2)c(C)n1. The van der Waals surface area contributed by atoms with E-state index in [4.69, 9.17) is 9.47 Å². The third-order valence-electron chi connectivity index (χ3n) is 4.67. The number of hydrogen-bond donors (Lipinski definition) is 1. The fraction of sp³-hybridized carbons (Fsp3) is 0.700. The number of carbonyl (C=O) groups is 1. The van der Waals surface area contributed by atoms with E-state index in [9.17, 15) is 4.79 Å². The normalized spacial score (nSPS) is 16.9. The highest BCUT2D eigenvalue weighted by atomic mass is 16.5. The van der Waals surface area contributed by atoms with E-state index in [-0.39, 0.29) is 5.91 Å². The summed E-state index contributed by atoms with van der Waals surface area (Å²) in [6.45, 7) is 7.29. The lowest BCUT2D eigenvalue weighted by Crippen LogP contribution is -2.45. The first kappa shape index (κ1) is 19.7. The third kappa shape index (κ3) is 5.43. The summed E-state index contributed by atoms with van der Waals surface area (Å²) in [6.07, 6.45) is 7.88. The molecule has 5 heteroatoms. The largest absolute Gasteiger partial charge is 0.478 e. The van der Waals surface area contributed by atoms with Crippen molar-refractivity contribution in [2.45, 2.75) is 77.7 Å². The van der Waals surface area contributed by atoms with Crippen LogP contribution < -0.4 is 10.1 Å². The number of anilines is 1. The van der Waals surface area contributed by atoms with Gasteiger partial charge in [-0.05, 0) is 38.7 Å². The van der Waals surface area contributed by atoms with Gasteiger partial charge >= 0.3 is 0 Å². The summed E-state index contributed by atoms with van der Waals surface area (Å²) >= 11 is 0. The maximum Gasteiger partial charge on any atom is 0.256 e. The Hall–Kier alpha value is -1.62. The van der Waals surface area contributed by atoms with Crippen molar-refractivity contribution in [2.24, 2.45) is 0 Å². The first-order valence-corrected chi connectivity index (χ1v) is 9.67. The third-order valence-corrected chi connectivity index (χ3v) is 4.67. The molecule has 0 aliphatic heterocycles. The molecule has 1 amide bonds. The Morgan fingerprint density at radius 3 is 2.40 bits per heavy atom. The van der Waals surface area contributed by atoms with Crippen molar-refractivity contribution in [2.75, 3.05) is 18.5 Å². The van der Waals surface area contributed by atoms with Gasteiger partial charge in [-0.25, -0.2) is 4.98 Å². The summed E-state index contributed by atoms with van der Waals surface area (Å²) in [4.78, 5) is 17.5. The molecule has 0 aromatic carbocycles.